The van der Waals surface area contributed by atoms with E-state index in [0.717, 1.165) is 17.0 Å². The van der Waals surface area contributed by atoms with Crippen molar-refractivity contribution in [1.29, 1.82) is 0 Å². The number of thioether (sulfide) groups is 1. The van der Waals surface area contributed by atoms with E-state index >= 15 is 0 Å². The van der Waals surface area contributed by atoms with Crippen LogP contribution in [0.1, 0.15) is 11.5 Å². The van der Waals surface area contributed by atoms with Crippen molar-refractivity contribution in [2.45, 2.75) is 17.2 Å². The van der Waals surface area contributed by atoms with Crippen LogP contribution in [-0.2, 0) is 12.3 Å². The van der Waals surface area contributed by atoms with E-state index in [4.69, 9.17) is 28.3 Å². The monoisotopic (exact) mass is 466 g/mol. The molecule has 0 aliphatic heterocycles. The molecule has 0 saturated carbocycles. The Kier molecular flexibility index (Phi) is 7.19. The Labute approximate surface area is 195 Å². The molecule has 0 fully saturated rings. The maximum absolute atomic E-state index is 5.91. The summed E-state index contributed by atoms with van der Waals surface area (Å²) in [4.78, 5) is 5.63. The summed E-state index contributed by atoms with van der Waals surface area (Å²) < 4.78 is 5.28. The summed E-state index contributed by atoms with van der Waals surface area (Å²) in [6, 6.07) is 25.8. The van der Waals surface area contributed by atoms with Crippen molar-refractivity contribution >= 4 is 46.4 Å². The topological polar surface area (TPSA) is 63.0 Å². The van der Waals surface area contributed by atoms with Crippen LogP contribution in [0, 0.1) is 0 Å². The molecule has 0 aliphatic rings. The summed E-state index contributed by atoms with van der Waals surface area (Å²) in [6.07, 6.45) is 0. The highest BCUT2D eigenvalue weighted by Crippen LogP contribution is 2.23. The number of hydrogen-bond donors (Lipinski definition) is 2. The molecule has 8 heteroatoms. The van der Waals surface area contributed by atoms with Gasteiger partial charge in [-0.15, -0.1) is 11.8 Å². The Morgan fingerprint density at radius 2 is 1.71 bits per heavy atom. The Morgan fingerprint density at radius 3 is 2.45 bits per heavy atom. The molecule has 0 amide bonds. The van der Waals surface area contributed by atoms with E-state index in [0.29, 0.717) is 28.4 Å². The van der Waals surface area contributed by atoms with Crippen molar-refractivity contribution in [3.8, 4) is 11.4 Å². The number of rotatable bonds is 7. The van der Waals surface area contributed by atoms with Crippen molar-refractivity contribution < 1.29 is 4.52 Å². The van der Waals surface area contributed by atoms with Gasteiger partial charge in [0.1, 0.15) is 0 Å². The first-order valence-corrected chi connectivity index (χ1v) is 11.3. The summed E-state index contributed by atoms with van der Waals surface area (Å²) >= 11 is 13.1. The van der Waals surface area contributed by atoms with Crippen LogP contribution in [0.5, 0.6) is 0 Å². The third kappa shape index (κ3) is 6.30. The van der Waals surface area contributed by atoms with Gasteiger partial charge in [-0.25, -0.2) is 0 Å². The lowest BCUT2D eigenvalue weighted by molar-refractivity contribution is 0.376. The minimum Gasteiger partial charge on any atom is -0.353 e. The van der Waals surface area contributed by atoms with Crippen LogP contribution in [0.25, 0.3) is 11.4 Å². The Morgan fingerprint density at radius 1 is 0.968 bits per heavy atom. The number of thiocarbonyl (C=S) groups is 1. The van der Waals surface area contributed by atoms with Crippen LogP contribution in [-0.4, -0.2) is 15.3 Å². The molecule has 0 bridgehead atoms. The van der Waals surface area contributed by atoms with Crippen molar-refractivity contribution in [2.24, 2.45) is 0 Å². The zero-order valence-electron chi connectivity index (χ0n) is 16.4. The minimum atomic E-state index is 0.332. The van der Waals surface area contributed by atoms with Crippen LogP contribution >= 0.6 is 35.6 Å². The molecular formula is C23H19ClN4OS2. The molecule has 31 heavy (non-hydrogen) atoms. The van der Waals surface area contributed by atoms with Gasteiger partial charge >= 0.3 is 0 Å². The van der Waals surface area contributed by atoms with Gasteiger partial charge in [0, 0.05) is 26.9 Å². The summed E-state index contributed by atoms with van der Waals surface area (Å²) in [5, 5.41) is 11.4. The number of nitrogens with zero attached hydrogens (tertiary/aromatic N) is 2. The van der Waals surface area contributed by atoms with Gasteiger partial charge in [-0.3, -0.25) is 0 Å². The van der Waals surface area contributed by atoms with Gasteiger partial charge in [0.05, 0.1) is 6.54 Å². The third-order valence-electron chi connectivity index (χ3n) is 4.33. The van der Waals surface area contributed by atoms with E-state index in [1.807, 2.05) is 42.1 Å². The normalized spacial score (nSPS) is 10.6. The predicted molar refractivity (Wildman–Crippen MR) is 130 cm³/mol. The lowest BCUT2D eigenvalue weighted by atomic mass is 10.2. The highest BCUT2D eigenvalue weighted by atomic mass is 35.5. The summed E-state index contributed by atoms with van der Waals surface area (Å²) in [5.74, 6) is 1.87. The molecule has 0 saturated heterocycles. The SMILES string of the molecule is S=C(NCc1nc(-c2ccc(Cl)cc2)no1)Nc1ccc(CSc2ccccc2)cc1. The smallest absolute Gasteiger partial charge is 0.246 e. The molecule has 5 nitrogen and oxygen atoms in total. The third-order valence-corrected chi connectivity index (χ3v) is 5.91. The lowest BCUT2D eigenvalue weighted by Gasteiger charge is -2.09. The van der Waals surface area contributed by atoms with Crippen LogP contribution in [0.3, 0.4) is 0 Å². The highest BCUT2D eigenvalue weighted by Gasteiger charge is 2.09. The first kappa shape index (κ1) is 21.4. The molecule has 0 atom stereocenters. The molecule has 0 unspecified atom stereocenters. The quantitative estimate of drug-likeness (QED) is 0.249. The predicted octanol–water partition coefficient (Wildman–Crippen LogP) is 6.17. The molecular weight excluding hydrogens is 448 g/mol. The number of aromatic nitrogens is 2. The van der Waals surface area contributed by atoms with Gasteiger partial charge in [0.15, 0.2) is 5.11 Å². The van der Waals surface area contributed by atoms with Crippen LogP contribution in [0.4, 0.5) is 5.69 Å². The van der Waals surface area contributed by atoms with Gasteiger partial charge in [-0.05, 0) is 66.3 Å². The maximum Gasteiger partial charge on any atom is 0.246 e. The number of anilines is 1. The van der Waals surface area contributed by atoms with E-state index in [9.17, 15) is 0 Å². The summed E-state index contributed by atoms with van der Waals surface area (Å²) in [6.45, 7) is 0.332. The van der Waals surface area contributed by atoms with Gasteiger partial charge in [0.2, 0.25) is 11.7 Å². The molecule has 4 aromatic rings. The van der Waals surface area contributed by atoms with Gasteiger partial charge in [-0.1, -0.05) is 47.1 Å². The van der Waals surface area contributed by atoms with Crippen LogP contribution < -0.4 is 10.6 Å². The van der Waals surface area contributed by atoms with Crippen molar-refractivity contribution in [3.63, 3.8) is 0 Å². The van der Waals surface area contributed by atoms with E-state index < -0.39 is 0 Å². The van der Waals surface area contributed by atoms with Crippen LogP contribution in [0.2, 0.25) is 5.02 Å². The summed E-state index contributed by atoms with van der Waals surface area (Å²) in [5.41, 5.74) is 3.00. The molecule has 2 N–H and O–H groups in total. The standard InChI is InChI=1S/C23H19ClN4OS2/c24-18-10-8-17(9-11-18)22-27-21(29-28-22)14-25-23(30)26-19-12-6-16(7-13-19)15-31-20-4-2-1-3-5-20/h1-13H,14-15H2,(H2,25,26,30). The lowest BCUT2D eigenvalue weighted by Crippen LogP contribution is -2.28. The van der Waals surface area contributed by atoms with Crippen molar-refractivity contribution in [2.75, 3.05) is 5.32 Å². The molecule has 0 spiro atoms. The van der Waals surface area contributed by atoms with Gasteiger partial charge in [-0.2, -0.15) is 4.98 Å². The first-order chi connectivity index (χ1) is 15.2. The van der Waals surface area contributed by atoms with E-state index in [1.54, 1.807) is 12.1 Å². The minimum absolute atomic E-state index is 0.332. The molecule has 0 aliphatic carbocycles. The zero-order chi connectivity index (χ0) is 21.5. The second-order valence-corrected chi connectivity index (χ2v) is 8.52. The fraction of sp³-hybridized carbons (Fsp3) is 0.0870. The second kappa shape index (κ2) is 10.4. The average molecular weight is 467 g/mol. The van der Waals surface area contributed by atoms with E-state index in [-0.39, 0.29) is 0 Å². The van der Waals surface area contributed by atoms with Gasteiger partial charge in [0.25, 0.3) is 0 Å². The maximum atomic E-state index is 5.91. The fourth-order valence-corrected chi connectivity index (χ4v) is 3.93. The molecule has 0 radical (unpaired) electrons. The van der Waals surface area contributed by atoms with Crippen molar-refractivity contribution in [3.05, 3.63) is 95.3 Å². The van der Waals surface area contributed by atoms with Crippen molar-refractivity contribution in [1.82, 2.24) is 15.5 Å². The Bertz CT molecular complexity index is 1130. The first-order valence-electron chi connectivity index (χ1n) is 9.56. The molecule has 3 aromatic carbocycles. The highest BCUT2D eigenvalue weighted by molar-refractivity contribution is 7.98. The second-order valence-electron chi connectivity index (χ2n) is 6.62. The number of hydrogen-bond acceptors (Lipinski definition) is 5. The Hall–Kier alpha value is -2.87. The Balaban J connectivity index is 1.25. The van der Waals surface area contributed by atoms with E-state index in [1.165, 1.54) is 10.5 Å². The summed E-state index contributed by atoms with van der Waals surface area (Å²) in [7, 11) is 0. The molecule has 1 heterocycles. The number of nitrogens with one attached hydrogen (secondary N) is 2. The van der Waals surface area contributed by atoms with Crippen LogP contribution in [0.15, 0.2) is 88.3 Å². The molecule has 4 rings (SSSR count). The fourth-order valence-electron chi connectivity index (χ4n) is 2.74. The molecule has 1 aromatic heterocycles. The number of benzene rings is 3. The van der Waals surface area contributed by atoms with Gasteiger partial charge < -0.3 is 15.2 Å². The largest absolute Gasteiger partial charge is 0.353 e. The van der Waals surface area contributed by atoms with E-state index in [2.05, 4.69) is 57.2 Å². The zero-order valence-corrected chi connectivity index (χ0v) is 18.8. The average Bonchev–Trinajstić information content (AvgIpc) is 3.28. The molecule has 156 valence electrons. The number of halogens is 1.